The van der Waals surface area contributed by atoms with E-state index in [4.69, 9.17) is 9.26 Å². The predicted molar refractivity (Wildman–Crippen MR) is 112 cm³/mol. The van der Waals surface area contributed by atoms with Crippen LogP contribution in [0.5, 0.6) is 0 Å². The summed E-state index contributed by atoms with van der Waals surface area (Å²) >= 11 is 1.58. The van der Waals surface area contributed by atoms with E-state index in [9.17, 15) is 4.79 Å². The molecule has 0 aromatic carbocycles. The number of hydrogen-bond donors (Lipinski definition) is 0. The highest BCUT2D eigenvalue weighted by molar-refractivity contribution is 7.13. The van der Waals surface area contributed by atoms with E-state index >= 15 is 0 Å². The van der Waals surface area contributed by atoms with Crippen molar-refractivity contribution in [2.24, 2.45) is 5.92 Å². The van der Waals surface area contributed by atoms with Crippen LogP contribution in [0.25, 0.3) is 10.7 Å². The lowest BCUT2D eigenvalue weighted by molar-refractivity contribution is -0.132. The fraction of sp³-hybridized carbons (Fsp3) is 0.667. The summed E-state index contributed by atoms with van der Waals surface area (Å²) in [5, 5.41) is 6.00. The van der Waals surface area contributed by atoms with Crippen LogP contribution in [0, 0.1) is 5.92 Å². The lowest BCUT2D eigenvalue weighted by Crippen LogP contribution is -2.48. The van der Waals surface area contributed by atoms with E-state index in [1.165, 1.54) is 0 Å². The number of piperidine rings is 1. The molecule has 0 saturated carbocycles. The van der Waals surface area contributed by atoms with Crippen molar-refractivity contribution in [3.8, 4) is 10.7 Å². The molecule has 0 radical (unpaired) electrons. The van der Waals surface area contributed by atoms with Crippen molar-refractivity contribution in [2.45, 2.75) is 51.7 Å². The molecule has 2 fully saturated rings. The highest BCUT2D eigenvalue weighted by Gasteiger charge is 2.28. The number of hydrogen-bond acceptors (Lipinski definition) is 7. The van der Waals surface area contributed by atoms with Crippen LogP contribution in [0.3, 0.4) is 0 Å². The van der Waals surface area contributed by atoms with Crippen molar-refractivity contribution in [1.82, 2.24) is 19.9 Å². The van der Waals surface area contributed by atoms with Gasteiger partial charge >= 0.3 is 0 Å². The van der Waals surface area contributed by atoms with Crippen LogP contribution in [0.4, 0.5) is 0 Å². The maximum absolute atomic E-state index is 12.6. The third-order valence-corrected chi connectivity index (χ3v) is 6.61. The molecule has 0 bridgehead atoms. The van der Waals surface area contributed by atoms with Crippen molar-refractivity contribution in [2.75, 3.05) is 32.7 Å². The molecule has 1 amide bonds. The maximum Gasteiger partial charge on any atom is 0.227 e. The first-order valence-corrected chi connectivity index (χ1v) is 11.5. The van der Waals surface area contributed by atoms with Gasteiger partial charge in [-0.05, 0) is 44.1 Å². The smallest absolute Gasteiger partial charge is 0.227 e. The van der Waals surface area contributed by atoms with Gasteiger partial charge in [-0.1, -0.05) is 11.2 Å². The molecule has 4 heterocycles. The Bertz CT molecular complexity index is 776. The van der Waals surface area contributed by atoms with Gasteiger partial charge in [-0.25, -0.2) is 0 Å². The Labute approximate surface area is 176 Å². The molecule has 4 rings (SSSR count). The topological polar surface area (TPSA) is 71.7 Å². The number of rotatable bonds is 6. The number of carbonyl (C=O) groups excluding carboxylic acids is 1. The molecule has 158 valence electrons. The van der Waals surface area contributed by atoms with Crippen LogP contribution in [0.1, 0.15) is 39.0 Å². The lowest BCUT2D eigenvalue weighted by atomic mass is 9.95. The summed E-state index contributed by atoms with van der Waals surface area (Å²) in [7, 11) is 0. The largest absolute Gasteiger partial charge is 0.373 e. The fourth-order valence-corrected chi connectivity index (χ4v) is 5.05. The van der Waals surface area contributed by atoms with Crippen LogP contribution in [0.2, 0.25) is 0 Å². The monoisotopic (exact) mass is 418 g/mol. The molecular formula is C21H30N4O3S. The molecular weight excluding hydrogens is 388 g/mol. The number of amides is 1. The molecule has 0 spiro atoms. The summed E-state index contributed by atoms with van der Waals surface area (Å²) in [5.41, 5.74) is 0. The minimum atomic E-state index is 0.188. The van der Waals surface area contributed by atoms with Gasteiger partial charge in [0.25, 0.3) is 0 Å². The van der Waals surface area contributed by atoms with Gasteiger partial charge in [-0.3, -0.25) is 9.69 Å². The highest BCUT2D eigenvalue weighted by atomic mass is 32.1. The Morgan fingerprint density at radius 2 is 2.00 bits per heavy atom. The number of aromatic nitrogens is 2. The zero-order chi connectivity index (χ0) is 20.2. The van der Waals surface area contributed by atoms with Crippen LogP contribution in [-0.4, -0.2) is 70.8 Å². The Kier molecular flexibility index (Phi) is 6.62. The third-order valence-electron chi connectivity index (χ3n) is 5.74. The molecule has 2 saturated heterocycles. The number of likely N-dealkylation sites (tertiary alicyclic amines) is 1. The molecule has 2 aromatic heterocycles. The third kappa shape index (κ3) is 5.43. The van der Waals surface area contributed by atoms with Gasteiger partial charge in [-0.2, -0.15) is 4.98 Å². The average Bonchev–Trinajstić information content (AvgIpc) is 3.37. The summed E-state index contributed by atoms with van der Waals surface area (Å²) in [6.45, 7) is 9.15. The lowest BCUT2D eigenvalue weighted by Gasteiger charge is -2.39. The Morgan fingerprint density at radius 3 is 2.69 bits per heavy atom. The van der Waals surface area contributed by atoms with E-state index in [1.807, 2.05) is 22.4 Å². The molecule has 29 heavy (non-hydrogen) atoms. The number of morpholine rings is 1. The number of aryl methyl sites for hydroxylation is 1. The quantitative estimate of drug-likeness (QED) is 0.718. The van der Waals surface area contributed by atoms with Crippen LogP contribution >= 0.6 is 11.3 Å². The van der Waals surface area contributed by atoms with Gasteiger partial charge in [0.05, 0.1) is 17.1 Å². The van der Waals surface area contributed by atoms with Gasteiger partial charge in [0.2, 0.25) is 17.6 Å². The standard InChI is InChI=1S/C21H30N4O3S/c1-15-12-24(13-16(2)27-15)14-17-7-9-25(10-8-17)20(26)6-5-19-22-21(23-28-19)18-4-3-11-29-18/h3-4,11,15-17H,5-10,12-14H2,1-2H3. The highest BCUT2D eigenvalue weighted by Crippen LogP contribution is 2.23. The molecule has 2 unspecified atom stereocenters. The first-order chi connectivity index (χ1) is 14.1. The Morgan fingerprint density at radius 1 is 1.24 bits per heavy atom. The SMILES string of the molecule is CC1CN(CC2CCN(C(=O)CCc3nc(-c4cccs4)no3)CC2)CC(C)O1. The van der Waals surface area contributed by atoms with E-state index < -0.39 is 0 Å². The summed E-state index contributed by atoms with van der Waals surface area (Å²) in [6, 6.07) is 3.93. The molecule has 2 atom stereocenters. The van der Waals surface area contributed by atoms with E-state index in [0.29, 0.717) is 42.7 Å². The van der Waals surface area contributed by atoms with Crippen molar-refractivity contribution >= 4 is 17.2 Å². The van der Waals surface area contributed by atoms with Gasteiger partial charge in [-0.15, -0.1) is 11.3 Å². The van der Waals surface area contributed by atoms with E-state index in [-0.39, 0.29) is 5.91 Å². The van der Waals surface area contributed by atoms with Gasteiger partial charge in [0, 0.05) is 45.6 Å². The van der Waals surface area contributed by atoms with Gasteiger partial charge < -0.3 is 14.2 Å². The summed E-state index contributed by atoms with van der Waals surface area (Å²) in [5.74, 6) is 2.00. The molecule has 2 aromatic rings. The van der Waals surface area contributed by atoms with E-state index in [1.54, 1.807) is 11.3 Å². The summed E-state index contributed by atoms with van der Waals surface area (Å²) in [4.78, 5) is 22.5. The van der Waals surface area contributed by atoms with Crippen molar-refractivity contribution < 1.29 is 14.1 Å². The molecule has 2 aliphatic rings. The van der Waals surface area contributed by atoms with Crippen LogP contribution in [0.15, 0.2) is 22.0 Å². The van der Waals surface area contributed by atoms with Crippen LogP contribution < -0.4 is 0 Å². The molecule has 2 aliphatic heterocycles. The zero-order valence-electron chi connectivity index (χ0n) is 17.2. The van der Waals surface area contributed by atoms with E-state index in [2.05, 4.69) is 28.9 Å². The summed E-state index contributed by atoms with van der Waals surface area (Å²) < 4.78 is 11.1. The van der Waals surface area contributed by atoms with Gasteiger partial charge in [0.1, 0.15) is 0 Å². The number of nitrogens with zero attached hydrogens (tertiary/aromatic N) is 4. The number of carbonyl (C=O) groups is 1. The molecule has 8 heteroatoms. The Hall–Kier alpha value is -1.77. The summed E-state index contributed by atoms with van der Waals surface area (Å²) in [6.07, 6.45) is 3.70. The minimum absolute atomic E-state index is 0.188. The second-order valence-corrected chi connectivity index (χ2v) is 9.24. The van der Waals surface area contributed by atoms with Crippen LogP contribution in [-0.2, 0) is 16.0 Å². The predicted octanol–water partition coefficient (Wildman–Crippen LogP) is 3.08. The first-order valence-electron chi connectivity index (χ1n) is 10.6. The van der Waals surface area contributed by atoms with Crippen molar-refractivity contribution in [3.05, 3.63) is 23.4 Å². The zero-order valence-corrected chi connectivity index (χ0v) is 18.1. The van der Waals surface area contributed by atoms with Crippen molar-refractivity contribution in [3.63, 3.8) is 0 Å². The maximum atomic E-state index is 12.6. The molecule has 7 nitrogen and oxygen atoms in total. The normalized spacial score (nSPS) is 24.1. The first kappa shape index (κ1) is 20.5. The molecule has 0 N–H and O–H groups in total. The number of thiophene rings is 1. The second kappa shape index (κ2) is 9.36. The van der Waals surface area contributed by atoms with Crippen molar-refractivity contribution in [1.29, 1.82) is 0 Å². The average molecular weight is 419 g/mol. The minimum Gasteiger partial charge on any atom is -0.373 e. The Balaban J connectivity index is 1.19. The second-order valence-electron chi connectivity index (χ2n) is 8.29. The van der Waals surface area contributed by atoms with E-state index in [0.717, 1.165) is 50.4 Å². The van der Waals surface area contributed by atoms with Gasteiger partial charge in [0.15, 0.2) is 0 Å². The molecule has 0 aliphatic carbocycles. The fourth-order valence-electron chi connectivity index (χ4n) is 4.40. The number of ether oxygens (including phenoxy) is 1.